The second-order valence-corrected chi connectivity index (χ2v) is 10.3. The Morgan fingerprint density at radius 2 is 1.97 bits per heavy atom. The van der Waals surface area contributed by atoms with Gasteiger partial charge in [-0.15, -0.1) is 0 Å². The Kier molecular flexibility index (Phi) is 7.99. The summed E-state index contributed by atoms with van der Waals surface area (Å²) in [6, 6.07) is 10.7. The highest BCUT2D eigenvalue weighted by molar-refractivity contribution is 7.89. The van der Waals surface area contributed by atoms with Gasteiger partial charge >= 0.3 is 5.97 Å². The van der Waals surface area contributed by atoms with Gasteiger partial charge in [-0.2, -0.15) is 4.31 Å². The molecule has 3 rings (SSSR count). The first-order valence-corrected chi connectivity index (χ1v) is 12.4. The molecule has 0 saturated carbocycles. The van der Waals surface area contributed by atoms with Crippen molar-refractivity contribution in [3.8, 4) is 5.75 Å². The molecule has 0 aromatic heterocycles. The van der Waals surface area contributed by atoms with E-state index < -0.39 is 28.0 Å². The fraction of sp³-hybridized carbons (Fsp3) is 0.391. The van der Waals surface area contributed by atoms with Gasteiger partial charge in [-0.05, 0) is 56.0 Å². The van der Waals surface area contributed by atoms with Crippen LogP contribution in [-0.4, -0.2) is 50.9 Å². The second-order valence-electron chi connectivity index (χ2n) is 8.02. The van der Waals surface area contributed by atoms with E-state index in [1.165, 1.54) is 36.5 Å². The second kappa shape index (κ2) is 10.5. The predicted octanol–water partition coefficient (Wildman–Crippen LogP) is 3.95. The standard InChI is InChI=1S/C23H27ClN2O6S/c1-15-6-5-11-26(14-15)33(29,30)21-12-17(9-10-20(21)24)23(28)32-16(2)22(27)25-18-7-4-8-19(13-18)31-3/h4,7-10,12-13,15-16H,5-6,11,14H2,1-3H3,(H,25,27). The maximum Gasteiger partial charge on any atom is 0.338 e. The molecule has 33 heavy (non-hydrogen) atoms. The van der Waals surface area contributed by atoms with Crippen LogP contribution in [0.15, 0.2) is 47.4 Å². The zero-order valence-electron chi connectivity index (χ0n) is 18.7. The maximum absolute atomic E-state index is 13.1. The van der Waals surface area contributed by atoms with Crippen molar-refractivity contribution in [1.29, 1.82) is 0 Å². The molecular formula is C23H27ClN2O6S. The van der Waals surface area contributed by atoms with E-state index in [9.17, 15) is 18.0 Å². The zero-order chi connectivity index (χ0) is 24.2. The first-order valence-electron chi connectivity index (χ1n) is 10.6. The molecule has 1 aliphatic rings. The molecule has 10 heteroatoms. The number of carbonyl (C=O) groups excluding carboxylic acids is 2. The van der Waals surface area contributed by atoms with E-state index in [4.69, 9.17) is 21.1 Å². The van der Waals surface area contributed by atoms with E-state index >= 15 is 0 Å². The molecule has 1 amide bonds. The molecule has 1 saturated heterocycles. The fourth-order valence-electron chi connectivity index (χ4n) is 3.56. The van der Waals surface area contributed by atoms with Crippen LogP contribution in [-0.2, 0) is 19.6 Å². The van der Waals surface area contributed by atoms with Crippen molar-refractivity contribution in [2.24, 2.45) is 5.92 Å². The van der Waals surface area contributed by atoms with Crippen LogP contribution in [0.4, 0.5) is 5.69 Å². The number of hydrogen-bond donors (Lipinski definition) is 1. The SMILES string of the molecule is COc1cccc(NC(=O)C(C)OC(=O)c2ccc(Cl)c(S(=O)(=O)N3CCCC(C)C3)c2)c1. The summed E-state index contributed by atoms with van der Waals surface area (Å²) in [6.07, 6.45) is 0.601. The van der Waals surface area contributed by atoms with E-state index in [2.05, 4.69) is 5.32 Å². The lowest BCUT2D eigenvalue weighted by molar-refractivity contribution is -0.123. The largest absolute Gasteiger partial charge is 0.497 e. The molecule has 178 valence electrons. The van der Waals surface area contributed by atoms with E-state index in [0.717, 1.165) is 12.8 Å². The highest BCUT2D eigenvalue weighted by Gasteiger charge is 2.31. The number of methoxy groups -OCH3 is 1. The van der Waals surface area contributed by atoms with Crippen molar-refractivity contribution in [3.63, 3.8) is 0 Å². The van der Waals surface area contributed by atoms with Crippen LogP contribution in [0.25, 0.3) is 0 Å². The van der Waals surface area contributed by atoms with Gasteiger partial charge in [-0.1, -0.05) is 24.6 Å². The average Bonchev–Trinajstić information content (AvgIpc) is 2.79. The van der Waals surface area contributed by atoms with E-state index in [1.807, 2.05) is 6.92 Å². The number of carbonyl (C=O) groups is 2. The van der Waals surface area contributed by atoms with Crippen LogP contribution < -0.4 is 10.1 Å². The number of ether oxygens (including phenoxy) is 2. The fourth-order valence-corrected chi connectivity index (χ4v) is 5.66. The number of anilines is 1. The number of halogens is 1. The van der Waals surface area contributed by atoms with Crippen LogP contribution >= 0.6 is 11.6 Å². The van der Waals surface area contributed by atoms with Gasteiger partial charge in [-0.3, -0.25) is 4.79 Å². The number of amides is 1. The molecular weight excluding hydrogens is 468 g/mol. The van der Waals surface area contributed by atoms with Gasteiger partial charge < -0.3 is 14.8 Å². The smallest absolute Gasteiger partial charge is 0.338 e. The topological polar surface area (TPSA) is 102 Å². The lowest BCUT2D eigenvalue weighted by Crippen LogP contribution is -2.39. The van der Waals surface area contributed by atoms with Gasteiger partial charge in [0.1, 0.15) is 10.6 Å². The number of benzene rings is 2. The summed E-state index contributed by atoms with van der Waals surface area (Å²) in [5.74, 6) is -0.566. The molecule has 2 unspecified atom stereocenters. The van der Waals surface area contributed by atoms with Crippen LogP contribution in [0, 0.1) is 5.92 Å². The predicted molar refractivity (Wildman–Crippen MR) is 125 cm³/mol. The van der Waals surface area contributed by atoms with E-state index in [-0.39, 0.29) is 21.4 Å². The monoisotopic (exact) mass is 494 g/mol. The average molecular weight is 495 g/mol. The number of hydrogen-bond acceptors (Lipinski definition) is 6. The molecule has 2 atom stereocenters. The van der Waals surface area contributed by atoms with Crippen molar-refractivity contribution >= 4 is 39.2 Å². The Morgan fingerprint density at radius 3 is 2.67 bits per heavy atom. The number of esters is 1. The van der Waals surface area contributed by atoms with Crippen LogP contribution in [0.3, 0.4) is 0 Å². The van der Waals surface area contributed by atoms with Crippen molar-refractivity contribution in [1.82, 2.24) is 4.31 Å². The highest BCUT2D eigenvalue weighted by Crippen LogP contribution is 2.29. The van der Waals surface area contributed by atoms with Gasteiger partial charge in [0, 0.05) is 24.8 Å². The van der Waals surface area contributed by atoms with Crippen molar-refractivity contribution in [2.45, 2.75) is 37.7 Å². The van der Waals surface area contributed by atoms with E-state index in [1.54, 1.807) is 24.3 Å². The molecule has 2 aromatic carbocycles. The Morgan fingerprint density at radius 1 is 1.21 bits per heavy atom. The normalized spacial score (nSPS) is 17.8. The minimum Gasteiger partial charge on any atom is -0.497 e. The third-order valence-electron chi connectivity index (χ3n) is 5.39. The molecule has 1 fully saturated rings. The summed E-state index contributed by atoms with van der Waals surface area (Å²) in [6.45, 7) is 4.22. The molecule has 2 aromatic rings. The molecule has 8 nitrogen and oxygen atoms in total. The Bertz CT molecular complexity index is 1140. The summed E-state index contributed by atoms with van der Waals surface area (Å²) < 4.78 is 38.0. The minimum atomic E-state index is -3.87. The van der Waals surface area contributed by atoms with Gasteiger partial charge in [0.05, 0.1) is 17.7 Å². The first kappa shape index (κ1) is 25.0. The number of rotatable bonds is 7. The van der Waals surface area contributed by atoms with Gasteiger partial charge in [0.2, 0.25) is 10.0 Å². The number of nitrogens with one attached hydrogen (secondary N) is 1. The van der Waals surface area contributed by atoms with Crippen molar-refractivity contribution in [2.75, 3.05) is 25.5 Å². The van der Waals surface area contributed by atoms with Crippen LogP contribution in [0.5, 0.6) is 5.75 Å². The van der Waals surface area contributed by atoms with Crippen LogP contribution in [0.2, 0.25) is 5.02 Å². The molecule has 0 radical (unpaired) electrons. The van der Waals surface area contributed by atoms with E-state index in [0.29, 0.717) is 24.5 Å². The van der Waals surface area contributed by atoms with Gasteiger partial charge in [-0.25, -0.2) is 13.2 Å². The quantitative estimate of drug-likeness (QED) is 0.585. The third kappa shape index (κ3) is 6.04. The Hall–Kier alpha value is -2.62. The lowest BCUT2D eigenvalue weighted by Gasteiger charge is -2.30. The summed E-state index contributed by atoms with van der Waals surface area (Å²) in [4.78, 5) is 24.9. The molecule has 1 aliphatic heterocycles. The molecule has 1 N–H and O–H groups in total. The number of nitrogens with zero attached hydrogens (tertiary/aromatic N) is 1. The maximum atomic E-state index is 13.1. The first-order chi connectivity index (χ1) is 15.6. The zero-order valence-corrected chi connectivity index (χ0v) is 20.3. The molecule has 0 aliphatic carbocycles. The molecule has 1 heterocycles. The van der Waals surface area contributed by atoms with Crippen LogP contribution in [0.1, 0.15) is 37.0 Å². The lowest BCUT2D eigenvalue weighted by atomic mass is 10.0. The molecule has 0 bridgehead atoms. The van der Waals surface area contributed by atoms with Crippen molar-refractivity contribution < 1.29 is 27.5 Å². The summed E-state index contributed by atoms with van der Waals surface area (Å²) in [7, 11) is -2.36. The molecule has 0 spiro atoms. The van der Waals surface area contributed by atoms with Gasteiger partial charge in [0.15, 0.2) is 6.10 Å². The minimum absolute atomic E-state index is 0.0101. The van der Waals surface area contributed by atoms with Crippen molar-refractivity contribution in [3.05, 3.63) is 53.1 Å². The summed E-state index contributed by atoms with van der Waals surface area (Å²) >= 11 is 6.18. The Labute approximate surface area is 198 Å². The number of sulfonamides is 1. The van der Waals surface area contributed by atoms with Gasteiger partial charge in [0.25, 0.3) is 5.91 Å². The third-order valence-corrected chi connectivity index (χ3v) is 7.74. The summed E-state index contributed by atoms with van der Waals surface area (Å²) in [5.41, 5.74) is 0.474. The number of piperidine rings is 1. The Balaban J connectivity index is 1.72. The summed E-state index contributed by atoms with van der Waals surface area (Å²) in [5, 5.41) is 2.67. The highest BCUT2D eigenvalue weighted by atomic mass is 35.5.